The number of nitrogens with zero attached hydrogens (tertiary/aromatic N) is 2. The fraction of sp³-hybridized carbons (Fsp3) is 0.421. The van der Waals surface area contributed by atoms with Crippen LogP contribution in [0.3, 0.4) is 0 Å². The van der Waals surface area contributed by atoms with E-state index in [1.807, 2.05) is 0 Å². The molecule has 1 fully saturated rings. The number of rotatable bonds is 3. The van der Waals surface area contributed by atoms with Crippen LogP contribution in [0.1, 0.15) is 54.0 Å². The van der Waals surface area contributed by atoms with E-state index in [0.29, 0.717) is 12.4 Å². The maximum atomic E-state index is 13.7. The molecule has 0 atom stereocenters. The number of fused-ring (bicyclic) bond motifs is 2. The average Bonchev–Trinajstić information content (AvgIpc) is 2.63. The van der Waals surface area contributed by atoms with Crippen molar-refractivity contribution in [2.45, 2.75) is 50.6 Å². The van der Waals surface area contributed by atoms with Gasteiger partial charge < -0.3 is 10.4 Å². The second-order valence-electron chi connectivity index (χ2n) is 7.25. The van der Waals surface area contributed by atoms with Crippen molar-refractivity contribution in [1.82, 2.24) is 14.9 Å². The van der Waals surface area contributed by atoms with Gasteiger partial charge in [-0.1, -0.05) is 6.42 Å². The predicted molar refractivity (Wildman–Crippen MR) is 92.5 cm³/mol. The highest BCUT2D eigenvalue weighted by atomic mass is 19.1. The fourth-order valence-corrected chi connectivity index (χ4v) is 4.02. The highest BCUT2D eigenvalue weighted by Gasteiger charge is 2.45. The molecule has 8 heteroatoms. The number of halogens is 2. The molecule has 0 bridgehead atoms. The first kappa shape index (κ1) is 17.6. The molecule has 6 nitrogen and oxygen atoms in total. The minimum atomic E-state index is -0.795. The molecule has 2 heterocycles. The van der Waals surface area contributed by atoms with Crippen LogP contribution in [0.25, 0.3) is 0 Å². The number of hydrogen-bond donors (Lipinski definition) is 2. The zero-order valence-electron chi connectivity index (χ0n) is 14.6. The maximum Gasteiger partial charge on any atom is 0.296 e. The molecule has 1 saturated carbocycles. The Bertz CT molecular complexity index is 983. The molecule has 142 valence electrons. The van der Waals surface area contributed by atoms with E-state index in [1.165, 1.54) is 4.57 Å². The van der Waals surface area contributed by atoms with E-state index in [0.717, 1.165) is 50.3 Å². The number of carbonyl (C=O) groups is 1. The summed E-state index contributed by atoms with van der Waals surface area (Å²) in [5.74, 6) is -2.25. The van der Waals surface area contributed by atoms with Crippen LogP contribution < -0.4 is 10.9 Å². The van der Waals surface area contributed by atoms with Crippen molar-refractivity contribution in [1.29, 1.82) is 0 Å². The summed E-state index contributed by atoms with van der Waals surface area (Å²) in [7, 11) is 0. The minimum absolute atomic E-state index is 0.0343. The van der Waals surface area contributed by atoms with Gasteiger partial charge >= 0.3 is 0 Å². The Balaban J connectivity index is 1.64. The van der Waals surface area contributed by atoms with Crippen LogP contribution in [0.2, 0.25) is 0 Å². The summed E-state index contributed by atoms with van der Waals surface area (Å²) < 4.78 is 28.4. The SMILES string of the molecule is O=C(NCc1cc(F)ccc1F)c1nc2n(c(=O)c1O)CCCC21CCC1. The third-order valence-electron chi connectivity index (χ3n) is 5.63. The summed E-state index contributed by atoms with van der Waals surface area (Å²) in [4.78, 5) is 29.3. The molecule has 0 radical (unpaired) electrons. The molecule has 2 N–H and O–H groups in total. The Hall–Kier alpha value is -2.77. The standard InChI is InChI=1S/C19H19F2N3O3/c20-12-3-4-13(21)11(9-12)10-22-16(26)14-15(25)17(27)24-8-2-7-19(5-1-6-19)18(24)23-14/h3-4,9,25H,1-2,5-8,10H2,(H,22,26). The van der Waals surface area contributed by atoms with Gasteiger partial charge in [-0.05, 0) is 43.9 Å². The van der Waals surface area contributed by atoms with Crippen LogP contribution in [0.5, 0.6) is 5.75 Å². The van der Waals surface area contributed by atoms with Gasteiger partial charge in [0.25, 0.3) is 11.5 Å². The van der Waals surface area contributed by atoms with Gasteiger partial charge in [0, 0.05) is 24.1 Å². The molecule has 0 saturated heterocycles. The van der Waals surface area contributed by atoms with Crippen molar-refractivity contribution >= 4 is 5.91 Å². The lowest BCUT2D eigenvalue weighted by molar-refractivity contribution is 0.0937. The molecule has 2 aliphatic rings. The van der Waals surface area contributed by atoms with Gasteiger partial charge in [0.2, 0.25) is 5.75 Å². The zero-order chi connectivity index (χ0) is 19.2. The molecule has 0 unspecified atom stereocenters. The molecule has 1 aliphatic carbocycles. The third kappa shape index (κ3) is 2.89. The lowest BCUT2D eigenvalue weighted by Gasteiger charge is -2.45. The molecule has 2 aromatic rings. The fourth-order valence-electron chi connectivity index (χ4n) is 4.02. The molecule has 27 heavy (non-hydrogen) atoms. The summed E-state index contributed by atoms with van der Waals surface area (Å²) in [6, 6.07) is 2.93. The monoisotopic (exact) mass is 375 g/mol. The number of aromatic hydroxyl groups is 1. The molecule has 1 amide bonds. The number of amides is 1. The van der Waals surface area contributed by atoms with Crippen LogP contribution in [0, 0.1) is 11.6 Å². The predicted octanol–water partition coefficient (Wildman–Crippen LogP) is 2.37. The van der Waals surface area contributed by atoms with Crippen molar-refractivity contribution in [2.24, 2.45) is 0 Å². The Morgan fingerprint density at radius 1 is 1.26 bits per heavy atom. The number of nitrogens with one attached hydrogen (secondary N) is 1. The summed E-state index contributed by atoms with van der Waals surface area (Å²) in [5, 5.41) is 12.6. The zero-order valence-corrected chi connectivity index (χ0v) is 14.6. The van der Waals surface area contributed by atoms with E-state index < -0.39 is 28.9 Å². The highest BCUT2D eigenvalue weighted by Crippen LogP contribution is 2.48. The van der Waals surface area contributed by atoms with Crippen LogP contribution >= 0.6 is 0 Å². The van der Waals surface area contributed by atoms with Crippen molar-refractivity contribution in [3.8, 4) is 5.75 Å². The molecule has 1 spiro atoms. The summed E-state index contributed by atoms with van der Waals surface area (Å²) >= 11 is 0. The molecule has 1 aliphatic heterocycles. The number of benzene rings is 1. The largest absolute Gasteiger partial charge is 0.501 e. The molecule has 1 aromatic heterocycles. The van der Waals surface area contributed by atoms with E-state index >= 15 is 0 Å². The van der Waals surface area contributed by atoms with Gasteiger partial charge in [-0.15, -0.1) is 0 Å². The van der Waals surface area contributed by atoms with Crippen molar-refractivity contribution < 1.29 is 18.7 Å². The maximum absolute atomic E-state index is 13.7. The summed E-state index contributed by atoms with van der Waals surface area (Å²) in [6.07, 6.45) is 4.58. The van der Waals surface area contributed by atoms with Crippen LogP contribution in [0.15, 0.2) is 23.0 Å². The van der Waals surface area contributed by atoms with Crippen molar-refractivity contribution in [2.75, 3.05) is 0 Å². The van der Waals surface area contributed by atoms with Gasteiger partial charge in [0.15, 0.2) is 5.69 Å². The summed E-state index contributed by atoms with van der Waals surface area (Å²) in [6.45, 7) is 0.181. The van der Waals surface area contributed by atoms with Gasteiger partial charge in [0.1, 0.15) is 17.5 Å². The highest BCUT2D eigenvalue weighted by molar-refractivity contribution is 5.94. The van der Waals surface area contributed by atoms with Crippen LogP contribution in [-0.2, 0) is 18.5 Å². The Morgan fingerprint density at radius 3 is 2.70 bits per heavy atom. The average molecular weight is 375 g/mol. The normalized spacial score (nSPS) is 17.3. The Kier molecular flexibility index (Phi) is 4.20. The van der Waals surface area contributed by atoms with E-state index in [-0.39, 0.29) is 23.2 Å². The molecular weight excluding hydrogens is 356 g/mol. The molecule has 1 aromatic carbocycles. The van der Waals surface area contributed by atoms with E-state index in [2.05, 4.69) is 10.3 Å². The second-order valence-corrected chi connectivity index (χ2v) is 7.25. The van der Waals surface area contributed by atoms with Gasteiger partial charge in [-0.3, -0.25) is 14.2 Å². The minimum Gasteiger partial charge on any atom is -0.501 e. The first-order chi connectivity index (χ1) is 12.9. The van der Waals surface area contributed by atoms with Crippen LogP contribution in [0.4, 0.5) is 8.78 Å². The first-order valence-electron chi connectivity index (χ1n) is 8.98. The topological polar surface area (TPSA) is 84.2 Å². The van der Waals surface area contributed by atoms with Crippen molar-refractivity contribution in [3.05, 3.63) is 57.3 Å². The van der Waals surface area contributed by atoms with Gasteiger partial charge in [-0.2, -0.15) is 0 Å². The lowest BCUT2D eigenvalue weighted by Crippen LogP contribution is -2.45. The van der Waals surface area contributed by atoms with E-state index in [1.54, 1.807) is 0 Å². The summed E-state index contributed by atoms with van der Waals surface area (Å²) in [5.41, 5.74) is -1.23. The Labute approximate surface area is 153 Å². The number of aromatic nitrogens is 2. The van der Waals surface area contributed by atoms with Gasteiger partial charge in [-0.25, -0.2) is 13.8 Å². The lowest BCUT2D eigenvalue weighted by atomic mass is 9.64. The third-order valence-corrected chi connectivity index (χ3v) is 5.63. The van der Waals surface area contributed by atoms with Gasteiger partial charge in [0.05, 0.1) is 0 Å². The smallest absolute Gasteiger partial charge is 0.296 e. The van der Waals surface area contributed by atoms with Crippen molar-refractivity contribution in [3.63, 3.8) is 0 Å². The van der Waals surface area contributed by atoms with E-state index in [9.17, 15) is 23.5 Å². The second kappa shape index (κ2) is 6.44. The Morgan fingerprint density at radius 2 is 2.00 bits per heavy atom. The first-order valence-corrected chi connectivity index (χ1v) is 8.98. The number of hydrogen-bond acceptors (Lipinski definition) is 4. The quantitative estimate of drug-likeness (QED) is 0.863. The molecular formula is C19H19F2N3O3. The number of carbonyl (C=O) groups excluding carboxylic acids is 1. The molecule has 4 rings (SSSR count). The van der Waals surface area contributed by atoms with Crippen LogP contribution in [-0.4, -0.2) is 20.6 Å². The van der Waals surface area contributed by atoms with E-state index in [4.69, 9.17) is 0 Å².